The number of aliphatic hydroxyl groups is 1. The number of nitrogens with one attached hydrogen (secondary N) is 1. The lowest BCUT2D eigenvalue weighted by Gasteiger charge is -2.15. The van der Waals surface area contributed by atoms with Gasteiger partial charge in [-0.1, -0.05) is 46.7 Å². The van der Waals surface area contributed by atoms with Crippen molar-refractivity contribution in [3.05, 3.63) is 0 Å². The average Bonchev–Trinajstić information content (AvgIpc) is 2.40. The molecule has 23 heavy (non-hydrogen) atoms. The standard InChI is InChI=1S/C13H28N2O2.C2H2O4/c1-9(2)13(10(3)4)15-17-8-12(16)7-14-11(5)6;3-1(4)2(5)6/h9-12,14,16H,7-8H2,1-6H3;(H,3,4)(H,5,6). The van der Waals surface area contributed by atoms with E-state index in [2.05, 4.69) is 38.2 Å². The van der Waals surface area contributed by atoms with Gasteiger partial charge in [0.25, 0.3) is 0 Å². The predicted molar refractivity (Wildman–Crippen MR) is 87.5 cm³/mol. The van der Waals surface area contributed by atoms with E-state index in [4.69, 9.17) is 24.6 Å². The van der Waals surface area contributed by atoms with Crippen LogP contribution < -0.4 is 5.32 Å². The number of rotatable bonds is 8. The van der Waals surface area contributed by atoms with Gasteiger partial charge in [0.05, 0.1) is 5.71 Å². The molecule has 0 fully saturated rings. The highest BCUT2D eigenvalue weighted by molar-refractivity contribution is 6.27. The minimum absolute atomic E-state index is 0.239. The summed E-state index contributed by atoms with van der Waals surface area (Å²) >= 11 is 0. The Labute approximate surface area is 137 Å². The Balaban J connectivity index is 0. The summed E-state index contributed by atoms with van der Waals surface area (Å²) in [5.74, 6) is -2.90. The molecule has 0 aliphatic heterocycles. The topological polar surface area (TPSA) is 128 Å². The molecule has 1 unspecified atom stereocenters. The van der Waals surface area contributed by atoms with Crippen molar-refractivity contribution in [2.24, 2.45) is 17.0 Å². The molecule has 0 aromatic heterocycles. The second kappa shape index (κ2) is 12.8. The van der Waals surface area contributed by atoms with E-state index in [1.807, 2.05) is 13.8 Å². The first-order valence-electron chi connectivity index (χ1n) is 7.56. The summed E-state index contributed by atoms with van der Waals surface area (Å²) in [6.07, 6.45) is -0.512. The minimum Gasteiger partial charge on any atom is -0.473 e. The number of carboxylic acid groups (broad SMARTS) is 2. The fraction of sp³-hybridized carbons (Fsp3) is 0.800. The molecule has 1 atom stereocenters. The van der Waals surface area contributed by atoms with E-state index >= 15 is 0 Å². The van der Waals surface area contributed by atoms with Crippen LogP contribution >= 0.6 is 0 Å². The van der Waals surface area contributed by atoms with Crippen LogP contribution in [-0.4, -0.2) is 58.3 Å². The molecular weight excluding hydrogens is 304 g/mol. The van der Waals surface area contributed by atoms with E-state index in [-0.39, 0.29) is 6.61 Å². The van der Waals surface area contributed by atoms with Crippen molar-refractivity contribution in [2.75, 3.05) is 13.2 Å². The van der Waals surface area contributed by atoms with Crippen molar-refractivity contribution >= 4 is 17.7 Å². The lowest BCUT2D eigenvalue weighted by Crippen LogP contribution is -2.34. The lowest BCUT2D eigenvalue weighted by atomic mass is 9.98. The van der Waals surface area contributed by atoms with Gasteiger partial charge in [0, 0.05) is 12.6 Å². The molecule has 8 nitrogen and oxygen atoms in total. The molecule has 0 aliphatic rings. The molecule has 0 radical (unpaired) electrons. The number of hydrogen-bond donors (Lipinski definition) is 4. The number of carboxylic acids is 2. The van der Waals surface area contributed by atoms with Crippen LogP contribution in [0, 0.1) is 11.8 Å². The average molecular weight is 334 g/mol. The highest BCUT2D eigenvalue weighted by Crippen LogP contribution is 2.08. The maximum Gasteiger partial charge on any atom is 0.414 e. The Morgan fingerprint density at radius 1 is 1.00 bits per heavy atom. The molecule has 0 spiro atoms. The van der Waals surface area contributed by atoms with E-state index in [1.165, 1.54) is 0 Å². The van der Waals surface area contributed by atoms with E-state index in [1.54, 1.807) is 0 Å². The minimum atomic E-state index is -1.82. The van der Waals surface area contributed by atoms with E-state index < -0.39 is 18.0 Å². The molecule has 0 amide bonds. The molecule has 0 rings (SSSR count). The number of aliphatic hydroxyl groups excluding tert-OH is 1. The quantitative estimate of drug-likeness (QED) is 0.298. The van der Waals surface area contributed by atoms with Gasteiger partial charge >= 0.3 is 11.9 Å². The van der Waals surface area contributed by atoms with Gasteiger partial charge in [-0.2, -0.15) is 0 Å². The van der Waals surface area contributed by atoms with Crippen molar-refractivity contribution < 1.29 is 29.7 Å². The largest absolute Gasteiger partial charge is 0.473 e. The SMILES string of the molecule is CC(C)NCC(O)CON=C(C(C)C)C(C)C.O=C(O)C(=O)O. The predicted octanol–water partition coefficient (Wildman–Crippen LogP) is 1.19. The molecule has 136 valence electrons. The molecule has 4 N–H and O–H groups in total. The summed E-state index contributed by atoms with van der Waals surface area (Å²) < 4.78 is 0. The number of carbonyl (C=O) groups is 2. The van der Waals surface area contributed by atoms with E-state index in [9.17, 15) is 5.11 Å². The number of nitrogens with zero attached hydrogens (tertiary/aromatic N) is 1. The first-order chi connectivity index (χ1) is 10.5. The molecule has 8 heteroatoms. The number of aliphatic carboxylic acids is 2. The molecule has 0 aromatic rings. The Morgan fingerprint density at radius 3 is 1.74 bits per heavy atom. The Morgan fingerprint density at radius 2 is 1.43 bits per heavy atom. The number of oxime groups is 1. The van der Waals surface area contributed by atoms with Crippen molar-refractivity contribution in [1.29, 1.82) is 0 Å². The van der Waals surface area contributed by atoms with Gasteiger partial charge in [-0.05, 0) is 11.8 Å². The second-order valence-corrected chi connectivity index (χ2v) is 5.95. The van der Waals surface area contributed by atoms with Crippen LogP contribution in [-0.2, 0) is 14.4 Å². The van der Waals surface area contributed by atoms with Crippen molar-refractivity contribution in [3.63, 3.8) is 0 Å². The van der Waals surface area contributed by atoms with Crippen molar-refractivity contribution in [2.45, 2.75) is 53.7 Å². The van der Waals surface area contributed by atoms with Gasteiger partial charge in [0.15, 0.2) is 0 Å². The molecular formula is C15H30N2O6. The molecule has 0 heterocycles. The van der Waals surface area contributed by atoms with Gasteiger partial charge in [0.1, 0.15) is 12.7 Å². The summed E-state index contributed by atoms with van der Waals surface area (Å²) in [6.45, 7) is 13.2. The molecule has 0 bridgehead atoms. The molecule has 0 saturated carbocycles. The first kappa shape index (κ1) is 23.6. The van der Waals surface area contributed by atoms with E-state index in [0.29, 0.717) is 24.4 Å². The third-order valence-corrected chi connectivity index (χ3v) is 2.56. The summed E-state index contributed by atoms with van der Waals surface area (Å²) in [5, 5.41) is 31.7. The van der Waals surface area contributed by atoms with Crippen LogP contribution in [0.2, 0.25) is 0 Å². The van der Waals surface area contributed by atoms with Crippen molar-refractivity contribution in [1.82, 2.24) is 5.32 Å². The molecule has 0 aromatic carbocycles. The van der Waals surface area contributed by atoms with Gasteiger partial charge in [-0.25, -0.2) is 9.59 Å². The Bertz CT molecular complexity index is 358. The van der Waals surface area contributed by atoms with Crippen LogP contribution in [0.1, 0.15) is 41.5 Å². The molecule has 0 aliphatic carbocycles. The Kier molecular flexibility index (Phi) is 13.2. The normalized spacial score (nSPS) is 11.7. The van der Waals surface area contributed by atoms with Crippen LogP contribution in [0.5, 0.6) is 0 Å². The van der Waals surface area contributed by atoms with Crippen LogP contribution in [0.15, 0.2) is 5.16 Å². The summed E-state index contributed by atoms with van der Waals surface area (Å²) in [7, 11) is 0. The van der Waals surface area contributed by atoms with Crippen LogP contribution in [0.4, 0.5) is 0 Å². The zero-order chi connectivity index (χ0) is 18.6. The summed E-state index contributed by atoms with van der Waals surface area (Å²) in [6, 6.07) is 0.370. The van der Waals surface area contributed by atoms with E-state index in [0.717, 1.165) is 5.71 Å². The summed E-state index contributed by atoms with van der Waals surface area (Å²) in [4.78, 5) is 23.4. The third kappa shape index (κ3) is 15.0. The highest BCUT2D eigenvalue weighted by Gasteiger charge is 2.11. The van der Waals surface area contributed by atoms with Crippen LogP contribution in [0.3, 0.4) is 0 Å². The number of hydrogen-bond acceptors (Lipinski definition) is 6. The summed E-state index contributed by atoms with van der Waals surface area (Å²) in [5.41, 5.74) is 1.04. The monoisotopic (exact) mass is 334 g/mol. The smallest absolute Gasteiger partial charge is 0.414 e. The molecule has 0 saturated heterocycles. The third-order valence-electron chi connectivity index (χ3n) is 2.56. The zero-order valence-corrected chi connectivity index (χ0v) is 14.7. The van der Waals surface area contributed by atoms with Crippen LogP contribution in [0.25, 0.3) is 0 Å². The van der Waals surface area contributed by atoms with Gasteiger partial charge in [-0.3, -0.25) is 0 Å². The van der Waals surface area contributed by atoms with Crippen molar-refractivity contribution in [3.8, 4) is 0 Å². The highest BCUT2D eigenvalue weighted by atomic mass is 16.6. The lowest BCUT2D eigenvalue weighted by molar-refractivity contribution is -0.159. The first-order valence-corrected chi connectivity index (χ1v) is 7.56. The maximum absolute atomic E-state index is 9.63. The Hall–Kier alpha value is -1.67. The zero-order valence-electron chi connectivity index (χ0n) is 14.7. The fourth-order valence-corrected chi connectivity index (χ4v) is 1.51. The fourth-order valence-electron chi connectivity index (χ4n) is 1.51. The second-order valence-electron chi connectivity index (χ2n) is 5.95. The van der Waals surface area contributed by atoms with Gasteiger partial charge in [0.2, 0.25) is 0 Å². The van der Waals surface area contributed by atoms with Gasteiger partial charge in [-0.15, -0.1) is 0 Å². The maximum atomic E-state index is 9.63. The van der Waals surface area contributed by atoms with Gasteiger partial charge < -0.3 is 25.5 Å².